The van der Waals surface area contributed by atoms with Crippen molar-refractivity contribution in [2.75, 3.05) is 6.54 Å². The van der Waals surface area contributed by atoms with E-state index in [-0.39, 0.29) is 18.1 Å². The summed E-state index contributed by atoms with van der Waals surface area (Å²) in [6, 6.07) is 5.28. The zero-order chi connectivity index (χ0) is 20.1. The predicted octanol–water partition coefficient (Wildman–Crippen LogP) is 3.14. The second-order valence-corrected chi connectivity index (χ2v) is 5.52. The fraction of sp³-hybridized carbons (Fsp3) is 0.176. The van der Waals surface area contributed by atoms with E-state index in [2.05, 4.69) is 15.1 Å². The second kappa shape index (κ2) is 8.03. The quantitative estimate of drug-likeness (QED) is 0.644. The Balaban J connectivity index is 1.61. The second-order valence-electron chi connectivity index (χ2n) is 5.52. The average molecular weight is 396 g/mol. The molecule has 0 spiro atoms. The van der Waals surface area contributed by atoms with Gasteiger partial charge in [-0.25, -0.2) is 9.37 Å². The van der Waals surface area contributed by atoms with Gasteiger partial charge in [-0.05, 0) is 18.2 Å². The van der Waals surface area contributed by atoms with Gasteiger partial charge in [-0.2, -0.15) is 13.2 Å². The van der Waals surface area contributed by atoms with E-state index in [1.165, 1.54) is 30.5 Å². The van der Waals surface area contributed by atoms with E-state index >= 15 is 0 Å². The van der Waals surface area contributed by atoms with Gasteiger partial charge < -0.3 is 14.6 Å². The molecular formula is C17H12F4N4O3. The lowest BCUT2D eigenvalue weighted by Crippen LogP contribution is -2.33. The molecule has 0 atom stereocenters. The Bertz CT molecular complexity index is 940. The van der Waals surface area contributed by atoms with Gasteiger partial charge in [-0.1, -0.05) is 5.16 Å². The van der Waals surface area contributed by atoms with Gasteiger partial charge in [0.25, 0.3) is 5.91 Å². The summed E-state index contributed by atoms with van der Waals surface area (Å²) in [7, 11) is 0. The van der Waals surface area contributed by atoms with Crippen LogP contribution in [0, 0.1) is 5.82 Å². The number of hydrogen-bond donors (Lipinski definition) is 1. The molecule has 7 nitrogen and oxygen atoms in total. The van der Waals surface area contributed by atoms with Crippen LogP contribution in [0.25, 0.3) is 11.4 Å². The number of nitrogens with one attached hydrogen (secondary N) is 1. The van der Waals surface area contributed by atoms with Crippen molar-refractivity contribution in [3.8, 4) is 17.3 Å². The van der Waals surface area contributed by atoms with Crippen molar-refractivity contribution < 1.29 is 31.6 Å². The highest BCUT2D eigenvalue weighted by Crippen LogP contribution is 2.21. The molecule has 0 bridgehead atoms. The SMILES string of the molecule is O=C(NCC(F)(F)F)c1ccc(OCc2conc2-c2ccc(F)cn2)nc1. The Kier molecular flexibility index (Phi) is 5.52. The van der Waals surface area contributed by atoms with Crippen LogP contribution in [0.15, 0.2) is 47.4 Å². The van der Waals surface area contributed by atoms with Crippen molar-refractivity contribution in [2.24, 2.45) is 0 Å². The van der Waals surface area contributed by atoms with E-state index < -0.39 is 24.4 Å². The third-order valence-corrected chi connectivity index (χ3v) is 3.44. The Labute approximate surface area is 155 Å². The Morgan fingerprint density at radius 2 is 1.96 bits per heavy atom. The molecule has 1 amide bonds. The largest absolute Gasteiger partial charge is 0.473 e. The number of pyridine rings is 2. The number of ether oxygens (including phenoxy) is 1. The van der Waals surface area contributed by atoms with E-state index in [9.17, 15) is 22.4 Å². The minimum Gasteiger partial charge on any atom is -0.473 e. The monoisotopic (exact) mass is 396 g/mol. The van der Waals surface area contributed by atoms with Gasteiger partial charge in [0.15, 0.2) is 0 Å². The standard InChI is InChI=1S/C17H12F4N4O3/c18-12-2-3-13(22-6-12)15-11(8-28-25-15)7-27-14-4-1-10(5-23-14)16(26)24-9-17(19,20)21/h1-6,8H,7,9H2,(H,24,26). The third-order valence-electron chi connectivity index (χ3n) is 3.44. The third kappa shape index (κ3) is 5.02. The highest BCUT2D eigenvalue weighted by atomic mass is 19.4. The van der Waals surface area contributed by atoms with E-state index in [0.717, 1.165) is 12.4 Å². The van der Waals surface area contributed by atoms with E-state index in [4.69, 9.17) is 9.26 Å². The number of aromatic nitrogens is 3. The maximum Gasteiger partial charge on any atom is 0.405 e. The van der Waals surface area contributed by atoms with Crippen LogP contribution in [0.2, 0.25) is 0 Å². The number of hydrogen-bond acceptors (Lipinski definition) is 6. The number of nitrogens with zero attached hydrogens (tertiary/aromatic N) is 3. The minimum absolute atomic E-state index is 0.00942. The van der Waals surface area contributed by atoms with Crippen LogP contribution < -0.4 is 10.1 Å². The van der Waals surface area contributed by atoms with Gasteiger partial charge in [0.2, 0.25) is 5.88 Å². The Morgan fingerprint density at radius 1 is 1.14 bits per heavy atom. The molecule has 0 aliphatic rings. The van der Waals surface area contributed by atoms with Crippen molar-refractivity contribution in [1.82, 2.24) is 20.4 Å². The maximum atomic E-state index is 13.0. The summed E-state index contributed by atoms with van der Waals surface area (Å²) in [6.45, 7) is -1.44. The smallest absolute Gasteiger partial charge is 0.405 e. The molecule has 0 aromatic carbocycles. The van der Waals surface area contributed by atoms with Crippen LogP contribution in [-0.2, 0) is 6.61 Å². The molecule has 146 valence electrons. The number of halogens is 4. The summed E-state index contributed by atoms with van der Waals surface area (Å²) in [5.41, 5.74) is 1.23. The molecule has 0 aliphatic heterocycles. The first-order valence-electron chi connectivity index (χ1n) is 7.81. The number of carbonyl (C=O) groups is 1. The van der Waals surface area contributed by atoms with Gasteiger partial charge in [-0.3, -0.25) is 9.78 Å². The molecule has 3 aromatic heterocycles. The van der Waals surface area contributed by atoms with E-state index in [1.807, 2.05) is 0 Å². The van der Waals surface area contributed by atoms with Crippen molar-refractivity contribution in [1.29, 1.82) is 0 Å². The molecule has 0 saturated heterocycles. The average Bonchev–Trinajstić information content (AvgIpc) is 3.13. The first-order chi connectivity index (χ1) is 13.3. The van der Waals surface area contributed by atoms with Crippen LogP contribution in [0.5, 0.6) is 5.88 Å². The summed E-state index contributed by atoms with van der Waals surface area (Å²) in [4.78, 5) is 19.4. The molecular weight excluding hydrogens is 384 g/mol. The molecule has 3 rings (SSSR count). The Morgan fingerprint density at radius 3 is 2.61 bits per heavy atom. The number of carbonyl (C=O) groups excluding carboxylic acids is 1. The van der Waals surface area contributed by atoms with Crippen molar-refractivity contribution in [3.05, 3.63) is 59.9 Å². The lowest BCUT2D eigenvalue weighted by Gasteiger charge is -2.09. The highest BCUT2D eigenvalue weighted by Gasteiger charge is 2.27. The highest BCUT2D eigenvalue weighted by molar-refractivity contribution is 5.93. The molecule has 11 heteroatoms. The lowest BCUT2D eigenvalue weighted by atomic mass is 10.2. The summed E-state index contributed by atoms with van der Waals surface area (Å²) in [5.74, 6) is -1.26. The zero-order valence-electron chi connectivity index (χ0n) is 14.0. The molecule has 0 fully saturated rings. The van der Waals surface area contributed by atoms with Crippen molar-refractivity contribution in [2.45, 2.75) is 12.8 Å². The number of alkyl halides is 3. The van der Waals surface area contributed by atoms with Crippen LogP contribution in [-0.4, -0.2) is 33.8 Å². The summed E-state index contributed by atoms with van der Waals surface area (Å²) in [5, 5.41) is 5.54. The molecule has 0 unspecified atom stereocenters. The van der Waals surface area contributed by atoms with E-state index in [1.54, 1.807) is 5.32 Å². The summed E-state index contributed by atoms with van der Waals surface area (Å²) < 4.78 is 59.7. The summed E-state index contributed by atoms with van der Waals surface area (Å²) >= 11 is 0. The maximum absolute atomic E-state index is 13.0. The van der Waals surface area contributed by atoms with Crippen LogP contribution in [0.3, 0.4) is 0 Å². The van der Waals surface area contributed by atoms with Crippen molar-refractivity contribution >= 4 is 5.91 Å². The fourth-order valence-electron chi connectivity index (χ4n) is 2.12. The summed E-state index contributed by atoms with van der Waals surface area (Å²) in [6.07, 6.45) is -1.03. The Hall–Kier alpha value is -3.50. The minimum atomic E-state index is -4.50. The van der Waals surface area contributed by atoms with Gasteiger partial charge in [0.1, 0.15) is 30.9 Å². The molecule has 3 heterocycles. The molecule has 0 radical (unpaired) electrons. The van der Waals surface area contributed by atoms with Crippen molar-refractivity contribution in [3.63, 3.8) is 0 Å². The lowest BCUT2D eigenvalue weighted by molar-refractivity contribution is -0.123. The predicted molar refractivity (Wildman–Crippen MR) is 86.6 cm³/mol. The zero-order valence-corrected chi connectivity index (χ0v) is 14.0. The molecule has 3 aromatic rings. The fourth-order valence-corrected chi connectivity index (χ4v) is 2.12. The molecule has 1 N–H and O–H groups in total. The van der Waals surface area contributed by atoms with Gasteiger partial charge >= 0.3 is 6.18 Å². The molecule has 0 aliphatic carbocycles. The van der Waals surface area contributed by atoms with Gasteiger partial charge in [-0.15, -0.1) is 0 Å². The number of amides is 1. The van der Waals surface area contributed by atoms with Crippen LogP contribution in [0.4, 0.5) is 17.6 Å². The van der Waals surface area contributed by atoms with Gasteiger partial charge in [0, 0.05) is 12.3 Å². The van der Waals surface area contributed by atoms with E-state index in [0.29, 0.717) is 17.0 Å². The first kappa shape index (κ1) is 19.3. The number of rotatable bonds is 6. The first-order valence-corrected chi connectivity index (χ1v) is 7.81. The topological polar surface area (TPSA) is 90.1 Å². The molecule has 0 saturated carbocycles. The normalized spacial score (nSPS) is 11.3. The van der Waals surface area contributed by atoms with Crippen LogP contribution >= 0.6 is 0 Å². The molecule has 28 heavy (non-hydrogen) atoms. The van der Waals surface area contributed by atoms with Gasteiger partial charge in [0.05, 0.1) is 23.0 Å². The van der Waals surface area contributed by atoms with Crippen LogP contribution in [0.1, 0.15) is 15.9 Å².